The number of likely N-dealkylation sites (N-methyl/N-ethyl adjacent to an activating group) is 1. The van der Waals surface area contributed by atoms with Crippen molar-refractivity contribution in [2.24, 2.45) is 0 Å². The maximum absolute atomic E-state index is 12.1. The second-order valence-electron chi connectivity index (χ2n) is 7.57. The molecule has 7 nitrogen and oxygen atoms in total. The number of benzene rings is 1. The lowest BCUT2D eigenvalue weighted by Crippen LogP contribution is -2.46. The Balaban J connectivity index is 1.61. The van der Waals surface area contributed by atoms with E-state index in [1.165, 1.54) is 0 Å². The molecule has 1 saturated heterocycles. The fraction of sp³-hybridized carbons (Fsp3) is 0.600. The third-order valence-electron chi connectivity index (χ3n) is 4.50. The summed E-state index contributed by atoms with van der Waals surface area (Å²) in [6.45, 7) is 7.81. The summed E-state index contributed by atoms with van der Waals surface area (Å²) in [5.74, 6) is -0.326. The van der Waals surface area contributed by atoms with Crippen molar-refractivity contribution < 1.29 is 14.3 Å². The van der Waals surface area contributed by atoms with Crippen LogP contribution in [0.4, 0.5) is 5.69 Å². The van der Waals surface area contributed by atoms with Crippen molar-refractivity contribution in [3.8, 4) is 0 Å². The van der Waals surface area contributed by atoms with Gasteiger partial charge in [-0.05, 0) is 45.5 Å². The molecule has 2 amide bonds. The topological polar surface area (TPSA) is 73.9 Å². The van der Waals surface area contributed by atoms with E-state index >= 15 is 0 Å². The van der Waals surface area contributed by atoms with Crippen LogP contribution in [0.15, 0.2) is 18.2 Å². The Morgan fingerprint density at radius 2 is 1.79 bits per heavy atom. The van der Waals surface area contributed by atoms with E-state index < -0.39 is 0 Å². The van der Waals surface area contributed by atoms with Crippen molar-refractivity contribution in [1.82, 2.24) is 15.1 Å². The smallest absolute Gasteiger partial charge is 0.238 e. The van der Waals surface area contributed by atoms with Gasteiger partial charge in [0.15, 0.2) is 0 Å². The largest absolute Gasteiger partial charge is 0.373 e. The molecule has 0 saturated carbocycles. The number of ether oxygens (including phenoxy) is 1. The molecule has 162 valence electrons. The summed E-state index contributed by atoms with van der Waals surface area (Å²) in [6, 6.07) is 4.88. The van der Waals surface area contributed by atoms with E-state index in [0.717, 1.165) is 26.1 Å². The summed E-state index contributed by atoms with van der Waals surface area (Å²) < 4.78 is 5.72. The number of amides is 2. The van der Waals surface area contributed by atoms with Gasteiger partial charge in [-0.3, -0.25) is 19.4 Å². The highest BCUT2D eigenvalue weighted by Gasteiger charge is 2.21. The van der Waals surface area contributed by atoms with Crippen LogP contribution >= 0.6 is 23.2 Å². The fourth-order valence-corrected chi connectivity index (χ4v) is 3.67. The highest BCUT2D eigenvalue weighted by molar-refractivity contribution is 6.42. The zero-order valence-corrected chi connectivity index (χ0v) is 18.7. The minimum Gasteiger partial charge on any atom is -0.373 e. The average Bonchev–Trinajstić information content (AvgIpc) is 2.61. The lowest BCUT2D eigenvalue weighted by molar-refractivity contribution is -0.123. The fourth-order valence-electron chi connectivity index (χ4n) is 3.37. The standard InChI is InChI=1S/C20H30Cl2N4O3/c1-14-10-26(11-15(2)29-14)8-4-7-23-19(27)12-25(3)13-20(28)24-16-5-6-17(21)18(22)9-16/h5-6,9,14-15H,4,7-8,10-13H2,1-3H3,(H,23,27)(H,24,28)/t14-,15-/m1/s1. The van der Waals surface area contributed by atoms with Crippen LogP contribution in [0.2, 0.25) is 10.0 Å². The molecule has 0 bridgehead atoms. The van der Waals surface area contributed by atoms with E-state index in [1.807, 2.05) is 0 Å². The van der Waals surface area contributed by atoms with E-state index in [9.17, 15) is 9.59 Å². The number of hydrogen-bond acceptors (Lipinski definition) is 5. The molecule has 1 heterocycles. The molecule has 2 atom stereocenters. The lowest BCUT2D eigenvalue weighted by atomic mass is 10.2. The molecule has 2 rings (SSSR count). The second kappa shape index (κ2) is 11.7. The van der Waals surface area contributed by atoms with Crippen molar-refractivity contribution in [1.29, 1.82) is 0 Å². The third-order valence-corrected chi connectivity index (χ3v) is 5.24. The molecule has 9 heteroatoms. The number of halogens is 2. The molecular weight excluding hydrogens is 415 g/mol. The van der Waals surface area contributed by atoms with Crippen molar-refractivity contribution >= 4 is 40.7 Å². The normalized spacial score (nSPS) is 19.9. The van der Waals surface area contributed by atoms with Crippen molar-refractivity contribution in [3.63, 3.8) is 0 Å². The van der Waals surface area contributed by atoms with E-state index in [0.29, 0.717) is 22.3 Å². The Labute approximate surface area is 182 Å². The van der Waals surface area contributed by atoms with Crippen LogP contribution in [0.3, 0.4) is 0 Å². The SMILES string of the molecule is C[C@@H]1CN(CCCNC(=O)CN(C)CC(=O)Nc2ccc(Cl)c(Cl)c2)C[C@@H](C)O1. The first kappa shape index (κ1) is 23.9. The summed E-state index contributed by atoms with van der Waals surface area (Å²) in [4.78, 5) is 28.2. The van der Waals surface area contributed by atoms with Gasteiger partial charge < -0.3 is 15.4 Å². The molecule has 0 aromatic heterocycles. The summed E-state index contributed by atoms with van der Waals surface area (Å²) in [5, 5.41) is 6.45. The summed E-state index contributed by atoms with van der Waals surface area (Å²) in [7, 11) is 1.73. The first-order valence-electron chi connectivity index (χ1n) is 9.81. The maximum Gasteiger partial charge on any atom is 0.238 e. The monoisotopic (exact) mass is 444 g/mol. The summed E-state index contributed by atoms with van der Waals surface area (Å²) in [5.41, 5.74) is 0.564. The second-order valence-corrected chi connectivity index (χ2v) is 8.38. The van der Waals surface area contributed by atoms with Crippen LogP contribution in [0.25, 0.3) is 0 Å². The zero-order chi connectivity index (χ0) is 21.4. The highest BCUT2D eigenvalue weighted by atomic mass is 35.5. The molecule has 1 fully saturated rings. The number of hydrogen-bond donors (Lipinski definition) is 2. The Hall–Kier alpha value is -1.38. The number of nitrogens with zero attached hydrogens (tertiary/aromatic N) is 2. The Bertz CT molecular complexity index is 694. The van der Waals surface area contributed by atoms with Crippen LogP contribution in [-0.2, 0) is 14.3 Å². The molecule has 1 aromatic carbocycles. The highest BCUT2D eigenvalue weighted by Crippen LogP contribution is 2.24. The lowest BCUT2D eigenvalue weighted by Gasteiger charge is -2.35. The van der Waals surface area contributed by atoms with E-state index in [2.05, 4.69) is 29.4 Å². The molecule has 1 aliphatic rings. The first-order valence-corrected chi connectivity index (χ1v) is 10.6. The van der Waals surface area contributed by atoms with Gasteiger partial charge in [-0.2, -0.15) is 0 Å². The predicted molar refractivity (Wildman–Crippen MR) is 117 cm³/mol. The number of carbonyl (C=O) groups is 2. The predicted octanol–water partition coefficient (Wildman–Crippen LogP) is 2.48. The quantitative estimate of drug-likeness (QED) is 0.572. The van der Waals surface area contributed by atoms with E-state index in [1.54, 1.807) is 30.1 Å². The molecule has 1 aromatic rings. The van der Waals surface area contributed by atoms with Crippen LogP contribution < -0.4 is 10.6 Å². The van der Waals surface area contributed by atoms with Gasteiger partial charge >= 0.3 is 0 Å². The van der Waals surface area contributed by atoms with Gasteiger partial charge in [-0.1, -0.05) is 23.2 Å². The Kier molecular flexibility index (Phi) is 9.65. The van der Waals surface area contributed by atoms with Crippen molar-refractivity contribution in [2.45, 2.75) is 32.5 Å². The molecule has 0 radical (unpaired) electrons. The summed E-state index contributed by atoms with van der Waals surface area (Å²) >= 11 is 11.8. The molecule has 0 aliphatic carbocycles. The van der Waals surface area contributed by atoms with Gasteiger partial charge in [-0.25, -0.2) is 0 Å². The van der Waals surface area contributed by atoms with Gasteiger partial charge in [0.1, 0.15) is 0 Å². The van der Waals surface area contributed by atoms with Crippen LogP contribution in [0.1, 0.15) is 20.3 Å². The molecule has 2 N–H and O–H groups in total. The Morgan fingerprint density at radius 1 is 1.14 bits per heavy atom. The summed E-state index contributed by atoms with van der Waals surface area (Å²) in [6.07, 6.45) is 1.38. The van der Waals surface area contributed by atoms with E-state index in [-0.39, 0.29) is 37.1 Å². The third kappa shape index (κ3) is 8.88. The number of anilines is 1. The van der Waals surface area contributed by atoms with Crippen molar-refractivity contribution in [3.05, 3.63) is 28.2 Å². The molecule has 29 heavy (non-hydrogen) atoms. The van der Waals surface area contributed by atoms with Gasteiger partial charge in [0.05, 0.1) is 35.3 Å². The molecule has 1 aliphatic heterocycles. The van der Waals surface area contributed by atoms with Crippen LogP contribution in [0.5, 0.6) is 0 Å². The van der Waals surface area contributed by atoms with Gasteiger partial charge in [0.2, 0.25) is 11.8 Å². The number of morpholine rings is 1. The minimum absolute atomic E-state index is 0.0945. The van der Waals surface area contributed by atoms with E-state index in [4.69, 9.17) is 27.9 Å². The first-order chi connectivity index (χ1) is 13.7. The van der Waals surface area contributed by atoms with Crippen LogP contribution in [-0.4, -0.2) is 80.1 Å². The average molecular weight is 445 g/mol. The molecule has 0 spiro atoms. The van der Waals surface area contributed by atoms with Gasteiger partial charge in [0, 0.05) is 31.9 Å². The van der Waals surface area contributed by atoms with Crippen LogP contribution in [0, 0.1) is 0 Å². The number of rotatable bonds is 9. The minimum atomic E-state index is -0.228. The molecule has 0 unspecified atom stereocenters. The Morgan fingerprint density at radius 3 is 2.45 bits per heavy atom. The number of nitrogens with one attached hydrogen (secondary N) is 2. The van der Waals surface area contributed by atoms with Gasteiger partial charge in [-0.15, -0.1) is 0 Å². The zero-order valence-electron chi connectivity index (χ0n) is 17.2. The maximum atomic E-state index is 12.1. The van der Waals surface area contributed by atoms with Gasteiger partial charge in [0.25, 0.3) is 0 Å². The molecular formula is C20H30Cl2N4O3. The van der Waals surface area contributed by atoms with Crippen molar-refractivity contribution in [2.75, 3.05) is 51.6 Å². The number of carbonyl (C=O) groups excluding carboxylic acids is 2.